The molecule has 1 aromatic rings. The summed E-state index contributed by atoms with van der Waals surface area (Å²) in [5.41, 5.74) is 0. The zero-order valence-corrected chi connectivity index (χ0v) is 13.1. The molecule has 0 bridgehead atoms. The first-order valence-electron chi connectivity index (χ1n) is 6.26. The van der Waals surface area contributed by atoms with Crippen molar-refractivity contribution in [3.05, 3.63) is 12.4 Å². The molecule has 1 rings (SSSR count). The van der Waals surface area contributed by atoms with E-state index >= 15 is 0 Å². The van der Waals surface area contributed by atoms with E-state index in [0.29, 0.717) is 13.1 Å². The maximum absolute atomic E-state index is 12.0. The van der Waals surface area contributed by atoms with Crippen LogP contribution in [-0.2, 0) is 16.6 Å². The van der Waals surface area contributed by atoms with Crippen molar-refractivity contribution in [2.45, 2.75) is 24.3 Å². The van der Waals surface area contributed by atoms with Gasteiger partial charge in [0.15, 0.2) is 0 Å². The largest absolute Gasteiger partial charge is 0.320 e. The van der Waals surface area contributed by atoms with Gasteiger partial charge >= 0.3 is 0 Å². The van der Waals surface area contributed by atoms with Gasteiger partial charge in [-0.2, -0.15) is 16.9 Å². The molecule has 0 spiro atoms. The molecule has 6 nitrogen and oxygen atoms in total. The Bertz CT molecular complexity index is 459. The third-order valence-corrected chi connectivity index (χ3v) is 4.66. The van der Waals surface area contributed by atoms with Crippen molar-refractivity contribution in [1.29, 1.82) is 0 Å². The van der Waals surface area contributed by atoms with E-state index in [1.807, 2.05) is 13.3 Å². The smallest absolute Gasteiger partial charge is 0.243 e. The Morgan fingerprint density at radius 3 is 2.84 bits per heavy atom. The SMILES string of the molecule is CNCCCn1cc(S(=O)(=O)NCCCSC)cn1. The van der Waals surface area contributed by atoms with Gasteiger partial charge in [-0.1, -0.05) is 0 Å². The molecule has 0 unspecified atom stereocenters. The molecule has 0 saturated heterocycles. The molecule has 0 aliphatic carbocycles. The summed E-state index contributed by atoms with van der Waals surface area (Å²) in [6.45, 7) is 2.06. The molecule has 2 N–H and O–H groups in total. The third kappa shape index (κ3) is 5.94. The highest BCUT2D eigenvalue weighted by Crippen LogP contribution is 2.07. The highest BCUT2D eigenvalue weighted by Gasteiger charge is 2.15. The molecule has 0 amide bonds. The first-order valence-corrected chi connectivity index (χ1v) is 9.13. The van der Waals surface area contributed by atoms with Crippen molar-refractivity contribution in [3.63, 3.8) is 0 Å². The van der Waals surface area contributed by atoms with Gasteiger partial charge in [-0.25, -0.2) is 13.1 Å². The molecule has 0 fully saturated rings. The summed E-state index contributed by atoms with van der Waals surface area (Å²) in [6, 6.07) is 0. The zero-order chi connectivity index (χ0) is 14.1. The van der Waals surface area contributed by atoms with E-state index in [2.05, 4.69) is 15.1 Å². The summed E-state index contributed by atoms with van der Waals surface area (Å²) in [7, 11) is -1.52. The molecule has 1 heterocycles. The van der Waals surface area contributed by atoms with Crippen LogP contribution in [0.15, 0.2) is 17.3 Å². The molecule has 0 radical (unpaired) electrons. The lowest BCUT2D eigenvalue weighted by atomic mass is 10.4. The van der Waals surface area contributed by atoms with Crippen molar-refractivity contribution in [3.8, 4) is 0 Å². The van der Waals surface area contributed by atoms with Gasteiger partial charge in [-0.3, -0.25) is 4.68 Å². The number of rotatable bonds is 10. The minimum atomic E-state index is -3.41. The molecule has 0 aliphatic rings. The van der Waals surface area contributed by atoms with Crippen molar-refractivity contribution >= 4 is 21.8 Å². The van der Waals surface area contributed by atoms with Crippen LogP contribution < -0.4 is 10.0 Å². The van der Waals surface area contributed by atoms with E-state index in [-0.39, 0.29) is 4.90 Å². The molecule has 0 atom stereocenters. The fraction of sp³-hybridized carbons (Fsp3) is 0.727. The van der Waals surface area contributed by atoms with Gasteiger partial charge in [0.25, 0.3) is 0 Å². The fourth-order valence-electron chi connectivity index (χ4n) is 1.53. The number of hydrogen-bond acceptors (Lipinski definition) is 5. The Kier molecular flexibility index (Phi) is 7.44. The molecule has 0 saturated carbocycles. The summed E-state index contributed by atoms with van der Waals surface area (Å²) in [5, 5.41) is 7.11. The van der Waals surface area contributed by atoms with Crippen molar-refractivity contribution in [1.82, 2.24) is 19.8 Å². The van der Waals surface area contributed by atoms with Crippen molar-refractivity contribution in [2.75, 3.05) is 32.1 Å². The first-order chi connectivity index (χ1) is 9.10. The van der Waals surface area contributed by atoms with Crippen LogP contribution in [0.4, 0.5) is 0 Å². The van der Waals surface area contributed by atoms with Gasteiger partial charge in [0, 0.05) is 19.3 Å². The summed E-state index contributed by atoms with van der Waals surface area (Å²) < 4.78 is 28.2. The lowest BCUT2D eigenvalue weighted by molar-refractivity contribution is 0.560. The van der Waals surface area contributed by atoms with Crippen LogP contribution in [0.1, 0.15) is 12.8 Å². The van der Waals surface area contributed by atoms with Crippen LogP contribution in [0.5, 0.6) is 0 Å². The monoisotopic (exact) mass is 306 g/mol. The van der Waals surface area contributed by atoms with E-state index < -0.39 is 10.0 Å². The van der Waals surface area contributed by atoms with Gasteiger partial charge in [-0.15, -0.1) is 0 Å². The van der Waals surface area contributed by atoms with Crippen LogP contribution in [0.3, 0.4) is 0 Å². The Hall–Kier alpha value is -0.570. The highest BCUT2D eigenvalue weighted by molar-refractivity contribution is 7.98. The van der Waals surface area contributed by atoms with Crippen LogP contribution in [0.25, 0.3) is 0 Å². The lowest BCUT2D eigenvalue weighted by Crippen LogP contribution is -2.24. The number of nitrogens with zero attached hydrogens (tertiary/aromatic N) is 2. The number of sulfonamides is 1. The van der Waals surface area contributed by atoms with Crippen LogP contribution in [0.2, 0.25) is 0 Å². The number of nitrogens with one attached hydrogen (secondary N) is 2. The van der Waals surface area contributed by atoms with E-state index in [1.54, 1.807) is 22.6 Å². The lowest BCUT2D eigenvalue weighted by Gasteiger charge is -2.03. The molecule has 8 heteroatoms. The van der Waals surface area contributed by atoms with Gasteiger partial charge in [0.1, 0.15) is 4.90 Å². The van der Waals surface area contributed by atoms with E-state index in [1.165, 1.54) is 6.20 Å². The second-order valence-corrected chi connectivity index (χ2v) is 6.89. The molecular weight excluding hydrogens is 284 g/mol. The fourth-order valence-corrected chi connectivity index (χ4v) is 2.99. The Labute approximate surface area is 119 Å². The summed E-state index contributed by atoms with van der Waals surface area (Å²) >= 11 is 1.71. The van der Waals surface area contributed by atoms with E-state index in [9.17, 15) is 8.42 Å². The van der Waals surface area contributed by atoms with Crippen molar-refractivity contribution < 1.29 is 8.42 Å². The van der Waals surface area contributed by atoms with Gasteiger partial charge in [0.2, 0.25) is 10.0 Å². The number of thioether (sulfide) groups is 1. The van der Waals surface area contributed by atoms with Crippen LogP contribution >= 0.6 is 11.8 Å². The Morgan fingerprint density at radius 2 is 2.16 bits per heavy atom. The topological polar surface area (TPSA) is 76.0 Å². The maximum atomic E-state index is 12.0. The van der Waals surface area contributed by atoms with Crippen molar-refractivity contribution in [2.24, 2.45) is 0 Å². The first kappa shape index (κ1) is 16.5. The average Bonchev–Trinajstić information content (AvgIpc) is 2.85. The van der Waals surface area contributed by atoms with E-state index in [4.69, 9.17) is 0 Å². The van der Waals surface area contributed by atoms with Gasteiger partial charge < -0.3 is 5.32 Å². The van der Waals surface area contributed by atoms with Crippen LogP contribution in [0, 0.1) is 0 Å². The summed E-state index contributed by atoms with van der Waals surface area (Å²) in [4.78, 5) is 0.237. The zero-order valence-electron chi connectivity index (χ0n) is 11.4. The molecule has 0 aliphatic heterocycles. The normalized spacial score (nSPS) is 11.9. The molecule has 0 aromatic carbocycles. The molecule has 19 heavy (non-hydrogen) atoms. The van der Waals surface area contributed by atoms with E-state index in [0.717, 1.165) is 25.1 Å². The molecular formula is C11H22N4O2S2. The molecule has 110 valence electrons. The number of hydrogen-bond donors (Lipinski definition) is 2. The second kappa shape index (κ2) is 8.57. The quantitative estimate of drug-likeness (QED) is 0.617. The minimum absolute atomic E-state index is 0.237. The van der Waals surface area contributed by atoms with Crippen LogP contribution in [-0.4, -0.2) is 50.3 Å². The maximum Gasteiger partial charge on any atom is 0.243 e. The third-order valence-electron chi connectivity index (χ3n) is 2.55. The highest BCUT2D eigenvalue weighted by atomic mass is 32.2. The second-order valence-electron chi connectivity index (χ2n) is 4.14. The Morgan fingerprint density at radius 1 is 1.37 bits per heavy atom. The minimum Gasteiger partial charge on any atom is -0.320 e. The number of aromatic nitrogens is 2. The summed E-state index contributed by atoms with van der Waals surface area (Å²) in [6.07, 6.45) is 6.72. The predicted octanol–water partition coefficient (Wildman–Crippen LogP) is 0.524. The average molecular weight is 306 g/mol. The predicted molar refractivity (Wildman–Crippen MR) is 79.0 cm³/mol. The van der Waals surface area contributed by atoms with Gasteiger partial charge in [-0.05, 0) is 38.4 Å². The Balaban J connectivity index is 2.49. The van der Waals surface area contributed by atoms with Gasteiger partial charge in [0.05, 0.1) is 6.20 Å². The molecule has 1 aromatic heterocycles. The number of aryl methyl sites for hydroxylation is 1. The standard InChI is InChI=1S/C11H22N4O2S2/c1-12-5-3-7-15-10-11(9-13-15)19(16,17)14-6-4-8-18-2/h9-10,12,14H,3-8H2,1-2H3. The summed E-state index contributed by atoms with van der Waals surface area (Å²) in [5.74, 6) is 0.950.